The second kappa shape index (κ2) is 9.93. The summed E-state index contributed by atoms with van der Waals surface area (Å²) in [4.78, 5) is 24.2. The van der Waals surface area contributed by atoms with Gasteiger partial charge < -0.3 is 19.9 Å². The predicted octanol–water partition coefficient (Wildman–Crippen LogP) is 2.44. The number of rotatable bonds is 8. The van der Waals surface area contributed by atoms with Gasteiger partial charge in [-0.15, -0.1) is 0 Å². The Morgan fingerprint density at radius 3 is 2.42 bits per heavy atom. The maximum Gasteiger partial charge on any atom is 0.408 e. The second-order valence-electron chi connectivity index (χ2n) is 6.49. The molecular formula is C18H27NO5. The fraction of sp³-hybridized carbons (Fsp3) is 0.556. The first kappa shape index (κ1) is 20.0. The number of benzene rings is 1. The summed E-state index contributed by atoms with van der Waals surface area (Å²) in [6.07, 6.45) is 0.803. The average molecular weight is 337 g/mol. The lowest BCUT2D eigenvalue weighted by molar-refractivity contribution is -0.146. The molecule has 0 heterocycles. The Morgan fingerprint density at radius 2 is 1.83 bits per heavy atom. The molecule has 0 aromatic heterocycles. The monoisotopic (exact) mass is 337 g/mol. The summed E-state index contributed by atoms with van der Waals surface area (Å²) in [5.41, 5.74) is 0.262. The van der Waals surface area contributed by atoms with Gasteiger partial charge in [0.15, 0.2) is 0 Å². The Kier molecular flexibility index (Phi) is 8.26. The average Bonchev–Trinajstić information content (AvgIpc) is 2.50. The molecule has 24 heavy (non-hydrogen) atoms. The van der Waals surface area contributed by atoms with E-state index in [0.29, 0.717) is 19.3 Å². The van der Waals surface area contributed by atoms with Crippen LogP contribution in [0.25, 0.3) is 0 Å². The molecular weight excluding hydrogens is 310 g/mol. The zero-order valence-electron chi connectivity index (χ0n) is 14.6. The van der Waals surface area contributed by atoms with Crippen molar-refractivity contribution in [1.29, 1.82) is 0 Å². The minimum atomic E-state index is -0.823. The highest BCUT2D eigenvalue weighted by Crippen LogP contribution is 2.09. The van der Waals surface area contributed by atoms with E-state index in [-0.39, 0.29) is 13.2 Å². The number of esters is 1. The number of carbonyl (C=O) groups is 2. The van der Waals surface area contributed by atoms with Crippen LogP contribution in [-0.2, 0) is 20.7 Å². The van der Waals surface area contributed by atoms with Crippen LogP contribution in [0.3, 0.4) is 0 Å². The Morgan fingerprint density at radius 1 is 1.17 bits per heavy atom. The van der Waals surface area contributed by atoms with Crippen molar-refractivity contribution in [3.05, 3.63) is 35.9 Å². The van der Waals surface area contributed by atoms with Crippen molar-refractivity contribution in [1.82, 2.24) is 5.32 Å². The largest absolute Gasteiger partial charge is 0.464 e. The van der Waals surface area contributed by atoms with Gasteiger partial charge in [0.05, 0.1) is 6.61 Å². The minimum absolute atomic E-state index is 0.0567. The summed E-state index contributed by atoms with van der Waals surface area (Å²) in [6.45, 7) is 5.53. The maximum atomic E-state index is 12.3. The third-order valence-corrected chi connectivity index (χ3v) is 3.05. The molecule has 0 aliphatic carbocycles. The molecule has 6 heteroatoms. The van der Waals surface area contributed by atoms with Gasteiger partial charge >= 0.3 is 12.1 Å². The number of carbonyl (C=O) groups excluding carboxylic acids is 2. The van der Waals surface area contributed by atoms with Crippen molar-refractivity contribution in [2.24, 2.45) is 0 Å². The van der Waals surface area contributed by atoms with Crippen molar-refractivity contribution in [3.63, 3.8) is 0 Å². The van der Waals surface area contributed by atoms with E-state index < -0.39 is 23.7 Å². The molecule has 1 aromatic carbocycles. The van der Waals surface area contributed by atoms with E-state index >= 15 is 0 Å². The van der Waals surface area contributed by atoms with E-state index in [0.717, 1.165) is 5.56 Å². The van der Waals surface area contributed by atoms with Crippen LogP contribution in [0.15, 0.2) is 30.3 Å². The van der Waals surface area contributed by atoms with Crippen molar-refractivity contribution >= 4 is 12.1 Å². The highest BCUT2D eigenvalue weighted by molar-refractivity contribution is 5.81. The molecule has 0 radical (unpaired) electrons. The van der Waals surface area contributed by atoms with Crippen LogP contribution in [0, 0.1) is 0 Å². The zero-order chi connectivity index (χ0) is 18.0. The molecule has 0 aliphatic rings. The number of aliphatic hydroxyl groups is 1. The SMILES string of the molecule is CC(C)(C)OC(=O)NC(Cc1ccccc1)C(=O)OCCCCO. The fourth-order valence-electron chi connectivity index (χ4n) is 1.98. The molecule has 1 aromatic rings. The summed E-state index contributed by atoms with van der Waals surface area (Å²) >= 11 is 0. The summed E-state index contributed by atoms with van der Waals surface area (Å²) in [6, 6.07) is 8.55. The van der Waals surface area contributed by atoms with E-state index in [4.69, 9.17) is 14.6 Å². The van der Waals surface area contributed by atoms with Crippen molar-refractivity contribution < 1.29 is 24.2 Å². The quantitative estimate of drug-likeness (QED) is 0.562. The minimum Gasteiger partial charge on any atom is -0.464 e. The molecule has 1 rings (SSSR count). The number of ether oxygens (including phenoxy) is 2. The predicted molar refractivity (Wildman–Crippen MR) is 90.6 cm³/mol. The molecule has 0 spiro atoms. The number of unbranched alkanes of at least 4 members (excludes halogenated alkanes) is 1. The first-order valence-corrected chi connectivity index (χ1v) is 8.13. The highest BCUT2D eigenvalue weighted by atomic mass is 16.6. The number of hydrogen-bond acceptors (Lipinski definition) is 5. The van der Waals surface area contributed by atoms with Crippen LogP contribution in [0.1, 0.15) is 39.2 Å². The standard InChI is InChI=1S/C18H27NO5/c1-18(2,3)24-17(22)19-15(13-14-9-5-4-6-10-14)16(21)23-12-8-7-11-20/h4-6,9-10,15,20H,7-8,11-13H2,1-3H3,(H,19,22). The van der Waals surface area contributed by atoms with Gasteiger partial charge in [-0.05, 0) is 39.2 Å². The number of aliphatic hydroxyl groups excluding tert-OH is 1. The van der Waals surface area contributed by atoms with E-state index in [1.165, 1.54) is 0 Å². The third-order valence-electron chi connectivity index (χ3n) is 3.05. The number of hydrogen-bond donors (Lipinski definition) is 2. The van der Waals surface area contributed by atoms with E-state index in [1.807, 2.05) is 30.3 Å². The summed E-state index contributed by atoms with van der Waals surface area (Å²) < 4.78 is 10.4. The van der Waals surface area contributed by atoms with Crippen LogP contribution in [0.4, 0.5) is 4.79 Å². The van der Waals surface area contributed by atoms with Gasteiger partial charge in [-0.2, -0.15) is 0 Å². The molecule has 6 nitrogen and oxygen atoms in total. The van der Waals surface area contributed by atoms with Gasteiger partial charge in [0.2, 0.25) is 0 Å². The normalized spacial score (nSPS) is 12.3. The van der Waals surface area contributed by atoms with Gasteiger partial charge in [0.1, 0.15) is 11.6 Å². The van der Waals surface area contributed by atoms with Crippen LogP contribution in [-0.4, -0.2) is 42.0 Å². The molecule has 0 fully saturated rings. The molecule has 2 N–H and O–H groups in total. The topological polar surface area (TPSA) is 84.9 Å². The molecule has 0 aliphatic heterocycles. The lowest BCUT2D eigenvalue weighted by atomic mass is 10.1. The van der Waals surface area contributed by atoms with Crippen LogP contribution < -0.4 is 5.32 Å². The number of nitrogens with one attached hydrogen (secondary N) is 1. The molecule has 0 bridgehead atoms. The fourth-order valence-corrected chi connectivity index (χ4v) is 1.98. The maximum absolute atomic E-state index is 12.3. The first-order chi connectivity index (χ1) is 11.3. The second-order valence-corrected chi connectivity index (χ2v) is 6.49. The smallest absolute Gasteiger partial charge is 0.408 e. The van der Waals surface area contributed by atoms with E-state index in [1.54, 1.807) is 20.8 Å². The van der Waals surface area contributed by atoms with E-state index in [2.05, 4.69) is 5.32 Å². The van der Waals surface area contributed by atoms with Gasteiger partial charge in [-0.25, -0.2) is 9.59 Å². The van der Waals surface area contributed by atoms with Crippen LogP contribution in [0.5, 0.6) is 0 Å². The van der Waals surface area contributed by atoms with Gasteiger partial charge in [0, 0.05) is 13.0 Å². The Bertz CT molecular complexity index is 510. The van der Waals surface area contributed by atoms with Crippen molar-refractivity contribution in [3.8, 4) is 0 Å². The zero-order valence-corrected chi connectivity index (χ0v) is 14.6. The van der Waals surface area contributed by atoms with Crippen LogP contribution in [0.2, 0.25) is 0 Å². The third kappa shape index (κ3) is 8.53. The number of amides is 1. The van der Waals surface area contributed by atoms with Gasteiger partial charge in [0.25, 0.3) is 0 Å². The first-order valence-electron chi connectivity index (χ1n) is 8.13. The molecule has 1 atom stereocenters. The molecule has 1 unspecified atom stereocenters. The lowest BCUT2D eigenvalue weighted by Crippen LogP contribution is -2.45. The Balaban J connectivity index is 2.67. The molecule has 134 valence electrons. The van der Waals surface area contributed by atoms with E-state index in [9.17, 15) is 9.59 Å². The van der Waals surface area contributed by atoms with Crippen molar-refractivity contribution in [2.45, 2.75) is 51.7 Å². The lowest BCUT2D eigenvalue weighted by Gasteiger charge is -2.23. The Hall–Kier alpha value is -2.08. The summed E-state index contributed by atoms with van der Waals surface area (Å²) in [5.74, 6) is -0.511. The van der Waals surface area contributed by atoms with Gasteiger partial charge in [-0.3, -0.25) is 0 Å². The summed E-state index contributed by atoms with van der Waals surface area (Å²) in [5, 5.41) is 11.3. The number of alkyl carbamates (subject to hydrolysis) is 1. The van der Waals surface area contributed by atoms with Crippen LogP contribution >= 0.6 is 0 Å². The molecule has 0 saturated carbocycles. The highest BCUT2D eigenvalue weighted by Gasteiger charge is 2.25. The van der Waals surface area contributed by atoms with Gasteiger partial charge in [-0.1, -0.05) is 30.3 Å². The van der Waals surface area contributed by atoms with Crippen molar-refractivity contribution in [2.75, 3.05) is 13.2 Å². The molecule has 1 amide bonds. The molecule has 0 saturated heterocycles. The Labute approximate surface area is 143 Å². The summed E-state index contributed by atoms with van der Waals surface area (Å²) in [7, 11) is 0.